The van der Waals surface area contributed by atoms with E-state index in [-0.39, 0.29) is 5.60 Å². The Labute approximate surface area is 91.9 Å². The van der Waals surface area contributed by atoms with Gasteiger partial charge < -0.3 is 9.64 Å². The largest absolute Gasteiger partial charge is 0.473 e. The molecule has 0 bridgehead atoms. The van der Waals surface area contributed by atoms with Crippen LogP contribution < -0.4 is 0 Å². The summed E-state index contributed by atoms with van der Waals surface area (Å²) in [5, 5.41) is 0. The molecule has 0 amide bonds. The summed E-state index contributed by atoms with van der Waals surface area (Å²) in [5.41, 5.74) is 1.38. The van der Waals surface area contributed by atoms with Crippen molar-refractivity contribution in [2.45, 2.75) is 45.6 Å². The minimum absolute atomic E-state index is 0.168. The summed E-state index contributed by atoms with van der Waals surface area (Å²) in [6, 6.07) is 0. The maximum absolute atomic E-state index is 5.78. The van der Waals surface area contributed by atoms with Crippen molar-refractivity contribution in [3.63, 3.8) is 0 Å². The van der Waals surface area contributed by atoms with Crippen molar-refractivity contribution >= 4 is 11.6 Å². The molecule has 1 saturated heterocycles. The number of halogens is 1. The fourth-order valence-corrected chi connectivity index (χ4v) is 1.77. The number of hydrogen-bond acceptors (Lipinski definition) is 2. The second kappa shape index (κ2) is 4.92. The van der Waals surface area contributed by atoms with Gasteiger partial charge in [0.25, 0.3) is 0 Å². The van der Waals surface area contributed by atoms with Crippen LogP contribution in [-0.4, -0.2) is 23.6 Å². The molecule has 0 atom stereocenters. The van der Waals surface area contributed by atoms with Gasteiger partial charge in [0.05, 0.1) is 5.54 Å². The monoisotopic (exact) mass is 217 g/mol. The third-order valence-corrected chi connectivity index (χ3v) is 2.36. The molecule has 1 aliphatic rings. The van der Waals surface area contributed by atoms with E-state index in [1.54, 1.807) is 5.54 Å². The number of piperidine rings is 1. The maximum atomic E-state index is 5.78. The summed E-state index contributed by atoms with van der Waals surface area (Å²) < 4.78 is 5.78. The lowest BCUT2D eigenvalue weighted by molar-refractivity contribution is -0.00219. The van der Waals surface area contributed by atoms with Crippen LogP contribution in [0, 0.1) is 0 Å². The standard InChI is InChI=1S/C11H20ClNO/c1-11(2,3)14-10(9-12)13-7-5-4-6-8-13/h9H,4-8H2,1-3H3/b10-9+. The molecule has 1 heterocycles. The molecule has 1 aliphatic heterocycles. The SMILES string of the molecule is CC(C)(C)O/C(=C/Cl)N1CCCCC1. The van der Waals surface area contributed by atoms with E-state index in [9.17, 15) is 0 Å². The van der Waals surface area contributed by atoms with E-state index < -0.39 is 0 Å². The molecular formula is C11H20ClNO. The van der Waals surface area contributed by atoms with Gasteiger partial charge in [-0.3, -0.25) is 0 Å². The van der Waals surface area contributed by atoms with Crippen molar-refractivity contribution in [2.24, 2.45) is 0 Å². The molecule has 1 fully saturated rings. The Morgan fingerprint density at radius 1 is 1.21 bits per heavy atom. The Kier molecular flexibility index (Phi) is 4.11. The molecule has 2 nitrogen and oxygen atoms in total. The van der Waals surface area contributed by atoms with Crippen molar-refractivity contribution in [1.29, 1.82) is 0 Å². The van der Waals surface area contributed by atoms with Gasteiger partial charge in [0.2, 0.25) is 5.88 Å². The van der Waals surface area contributed by atoms with E-state index in [1.807, 2.05) is 20.8 Å². The van der Waals surface area contributed by atoms with Gasteiger partial charge in [-0.05, 0) is 40.0 Å². The van der Waals surface area contributed by atoms with E-state index >= 15 is 0 Å². The van der Waals surface area contributed by atoms with Gasteiger partial charge in [0.15, 0.2) is 0 Å². The number of nitrogens with zero attached hydrogens (tertiary/aromatic N) is 1. The van der Waals surface area contributed by atoms with Gasteiger partial charge in [-0.15, -0.1) is 0 Å². The lowest BCUT2D eigenvalue weighted by Crippen LogP contribution is -2.33. The predicted octanol–water partition coefficient (Wildman–Crippen LogP) is 3.33. The first kappa shape index (κ1) is 11.7. The second-order valence-corrected chi connectivity index (χ2v) is 4.93. The van der Waals surface area contributed by atoms with Crippen LogP contribution >= 0.6 is 11.6 Å². The predicted molar refractivity (Wildman–Crippen MR) is 60.2 cm³/mol. The molecule has 82 valence electrons. The highest BCUT2D eigenvalue weighted by Gasteiger charge is 2.19. The Hall–Kier alpha value is -0.370. The van der Waals surface area contributed by atoms with Crippen molar-refractivity contribution in [3.05, 3.63) is 11.4 Å². The van der Waals surface area contributed by atoms with Crippen LogP contribution in [0.25, 0.3) is 0 Å². The van der Waals surface area contributed by atoms with Gasteiger partial charge in [0.1, 0.15) is 5.60 Å². The third kappa shape index (κ3) is 3.79. The molecule has 0 aromatic heterocycles. The molecule has 0 aliphatic carbocycles. The average molecular weight is 218 g/mol. The van der Waals surface area contributed by atoms with E-state index in [1.165, 1.54) is 19.3 Å². The minimum atomic E-state index is -0.168. The molecule has 1 rings (SSSR count). The first-order chi connectivity index (χ1) is 6.53. The quantitative estimate of drug-likeness (QED) is 0.658. The zero-order valence-electron chi connectivity index (χ0n) is 9.35. The van der Waals surface area contributed by atoms with Crippen molar-refractivity contribution in [3.8, 4) is 0 Å². The van der Waals surface area contributed by atoms with Crippen LogP contribution in [0.4, 0.5) is 0 Å². The van der Waals surface area contributed by atoms with Gasteiger partial charge in [0, 0.05) is 13.1 Å². The van der Waals surface area contributed by atoms with Crippen molar-refractivity contribution in [2.75, 3.05) is 13.1 Å². The molecule has 14 heavy (non-hydrogen) atoms. The summed E-state index contributed by atoms with van der Waals surface area (Å²) >= 11 is 5.78. The third-order valence-electron chi connectivity index (χ3n) is 2.17. The topological polar surface area (TPSA) is 12.5 Å². The molecule has 0 aromatic carbocycles. The fourth-order valence-electron chi connectivity index (χ4n) is 1.58. The van der Waals surface area contributed by atoms with Crippen molar-refractivity contribution < 1.29 is 4.74 Å². The van der Waals surface area contributed by atoms with Crippen LogP contribution in [0.1, 0.15) is 40.0 Å². The number of rotatable bonds is 2. The zero-order valence-corrected chi connectivity index (χ0v) is 10.1. The number of ether oxygens (including phenoxy) is 1. The Morgan fingerprint density at radius 2 is 1.79 bits per heavy atom. The highest BCUT2D eigenvalue weighted by Crippen LogP contribution is 2.21. The molecule has 0 saturated carbocycles. The van der Waals surface area contributed by atoms with E-state index in [0.717, 1.165) is 19.0 Å². The van der Waals surface area contributed by atoms with E-state index in [0.29, 0.717) is 0 Å². The molecule has 0 radical (unpaired) electrons. The van der Waals surface area contributed by atoms with Crippen molar-refractivity contribution in [1.82, 2.24) is 4.90 Å². The number of likely N-dealkylation sites (tertiary alicyclic amines) is 1. The van der Waals surface area contributed by atoms with Gasteiger partial charge >= 0.3 is 0 Å². The minimum Gasteiger partial charge on any atom is -0.473 e. The molecule has 0 unspecified atom stereocenters. The van der Waals surface area contributed by atoms with E-state index in [2.05, 4.69) is 4.90 Å². The smallest absolute Gasteiger partial charge is 0.201 e. The van der Waals surface area contributed by atoms with Gasteiger partial charge in [-0.2, -0.15) is 0 Å². The normalized spacial score (nSPS) is 19.7. The summed E-state index contributed by atoms with van der Waals surface area (Å²) in [5.74, 6) is 0.818. The highest BCUT2D eigenvalue weighted by atomic mass is 35.5. The number of hydrogen-bond donors (Lipinski definition) is 0. The summed E-state index contributed by atoms with van der Waals surface area (Å²) in [6.07, 6.45) is 3.80. The molecular weight excluding hydrogens is 198 g/mol. The molecule has 0 aromatic rings. The van der Waals surface area contributed by atoms with Gasteiger partial charge in [-0.25, -0.2) is 0 Å². The second-order valence-electron chi connectivity index (χ2n) is 4.71. The first-order valence-electron chi connectivity index (χ1n) is 5.27. The lowest BCUT2D eigenvalue weighted by Gasteiger charge is -2.34. The lowest BCUT2D eigenvalue weighted by atomic mass is 10.1. The molecule has 0 spiro atoms. The fraction of sp³-hybridized carbons (Fsp3) is 0.818. The maximum Gasteiger partial charge on any atom is 0.201 e. The summed E-state index contributed by atoms with van der Waals surface area (Å²) in [7, 11) is 0. The van der Waals surface area contributed by atoms with E-state index in [4.69, 9.17) is 16.3 Å². The van der Waals surface area contributed by atoms with Crippen LogP contribution in [0.15, 0.2) is 11.4 Å². The summed E-state index contributed by atoms with van der Waals surface area (Å²) in [6.45, 7) is 8.25. The summed E-state index contributed by atoms with van der Waals surface area (Å²) in [4.78, 5) is 2.22. The van der Waals surface area contributed by atoms with Crippen LogP contribution in [0.2, 0.25) is 0 Å². The zero-order chi connectivity index (χ0) is 10.6. The first-order valence-corrected chi connectivity index (χ1v) is 5.71. The average Bonchev–Trinajstić information content (AvgIpc) is 2.14. The Bertz CT molecular complexity index is 202. The van der Waals surface area contributed by atoms with Crippen LogP contribution in [-0.2, 0) is 4.74 Å². The Balaban J connectivity index is 2.53. The Morgan fingerprint density at radius 3 is 2.21 bits per heavy atom. The molecule has 3 heteroatoms. The van der Waals surface area contributed by atoms with Gasteiger partial charge in [-0.1, -0.05) is 11.6 Å². The molecule has 0 N–H and O–H groups in total. The van der Waals surface area contributed by atoms with Crippen LogP contribution in [0.3, 0.4) is 0 Å². The highest BCUT2D eigenvalue weighted by molar-refractivity contribution is 6.25. The van der Waals surface area contributed by atoms with Crippen LogP contribution in [0.5, 0.6) is 0 Å².